The number of nitrogens with zero attached hydrogens (tertiary/aromatic N) is 1. The highest BCUT2D eigenvalue weighted by molar-refractivity contribution is 7.89. The third kappa shape index (κ3) is 3.53. The Morgan fingerprint density at radius 3 is 2.71 bits per heavy atom. The molecule has 0 radical (unpaired) electrons. The van der Waals surface area contributed by atoms with E-state index < -0.39 is 10.0 Å². The van der Waals surface area contributed by atoms with Crippen LogP contribution in [0.3, 0.4) is 0 Å². The highest BCUT2D eigenvalue weighted by Crippen LogP contribution is 2.08. The molecule has 0 bridgehead atoms. The minimum Gasteiger partial charge on any atom is -0.379 e. The summed E-state index contributed by atoms with van der Waals surface area (Å²) in [6.45, 7) is 1.54. The highest BCUT2D eigenvalue weighted by Gasteiger charge is 2.18. The Hall–Kier alpha value is -0.170. The number of rotatable bonds is 5. The van der Waals surface area contributed by atoms with E-state index in [0.29, 0.717) is 13.2 Å². The summed E-state index contributed by atoms with van der Waals surface area (Å²) >= 11 is 0. The lowest BCUT2D eigenvalue weighted by atomic mass is 10.3. The molecule has 14 heavy (non-hydrogen) atoms. The predicted molar refractivity (Wildman–Crippen MR) is 52.6 cm³/mol. The molecule has 0 amide bonds. The molecule has 84 valence electrons. The molecule has 1 unspecified atom stereocenters. The van der Waals surface area contributed by atoms with Gasteiger partial charge in [-0.1, -0.05) is 0 Å². The Morgan fingerprint density at radius 2 is 2.21 bits per heavy atom. The zero-order valence-corrected chi connectivity index (χ0v) is 9.42. The smallest absolute Gasteiger partial charge is 0.215 e. The Morgan fingerprint density at radius 1 is 1.50 bits per heavy atom. The highest BCUT2D eigenvalue weighted by atomic mass is 32.2. The topological polar surface area (TPSA) is 55.8 Å². The number of sulfonamides is 1. The predicted octanol–water partition coefficient (Wildman–Crippen LogP) is -0.317. The van der Waals surface area contributed by atoms with Crippen LogP contribution in [0, 0.1) is 0 Å². The molecule has 1 aliphatic heterocycles. The van der Waals surface area contributed by atoms with Gasteiger partial charge in [0.2, 0.25) is 10.0 Å². The summed E-state index contributed by atoms with van der Waals surface area (Å²) in [6.07, 6.45) is 0.939. The van der Waals surface area contributed by atoms with Crippen molar-refractivity contribution in [1.29, 1.82) is 0 Å². The van der Waals surface area contributed by atoms with Crippen molar-refractivity contribution >= 4 is 10.0 Å². The molecule has 1 atom stereocenters. The van der Waals surface area contributed by atoms with Crippen LogP contribution in [0.2, 0.25) is 0 Å². The Labute approximate surface area is 85.0 Å². The first-order chi connectivity index (χ1) is 6.52. The summed E-state index contributed by atoms with van der Waals surface area (Å²) in [5.74, 6) is 0.0382. The van der Waals surface area contributed by atoms with Crippen LogP contribution in [-0.2, 0) is 19.5 Å². The summed E-state index contributed by atoms with van der Waals surface area (Å²) in [5, 5.41) is 0. The zero-order chi connectivity index (χ0) is 10.6. The SMILES string of the molecule is CN(C)S(=O)(=O)CCOC1CCOC1. The van der Waals surface area contributed by atoms with Gasteiger partial charge in [-0.3, -0.25) is 0 Å². The van der Waals surface area contributed by atoms with E-state index in [1.807, 2.05) is 0 Å². The van der Waals surface area contributed by atoms with Crippen LogP contribution in [0.5, 0.6) is 0 Å². The second-order valence-electron chi connectivity index (χ2n) is 3.45. The maximum atomic E-state index is 11.3. The fourth-order valence-electron chi connectivity index (χ4n) is 1.15. The van der Waals surface area contributed by atoms with Gasteiger partial charge in [0.15, 0.2) is 0 Å². The molecule has 1 rings (SSSR count). The van der Waals surface area contributed by atoms with Crippen molar-refractivity contribution in [3.05, 3.63) is 0 Å². The fourth-order valence-corrected chi connectivity index (χ4v) is 1.82. The van der Waals surface area contributed by atoms with E-state index in [9.17, 15) is 8.42 Å². The summed E-state index contributed by atoms with van der Waals surface area (Å²) in [4.78, 5) is 0. The number of ether oxygens (including phenoxy) is 2. The molecule has 1 aliphatic rings. The summed E-state index contributed by atoms with van der Waals surface area (Å²) in [5.41, 5.74) is 0. The second kappa shape index (κ2) is 5.06. The van der Waals surface area contributed by atoms with Gasteiger partial charge in [0.05, 0.1) is 25.1 Å². The van der Waals surface area contributed by atoms with Gasteiger partial charge in [-0.2, -0.15) is 0 Å². The van der Waals surface area contributed by atoms with E-state index in [0.717, 1.165) is 6.42 Å². The molecule has 0 aliphatic carbocycles. The Balaban J connectivity index is 2.20. The van der Waals surface area contributed by atoms with Crippen LogP contribution in [0.25, 0.3) is 0 Å². The Kier molecular flexibility index (Phi) is 4.31. The van der Waals surface area contributed by atoms with Crippen molar-refractivity contribution in [2.24, 2.45) is 0 Å². The molecule has 1 fully saturated rings. The first-order valence-electron chi connectivity index (χ1n) is 4.62. The quantitative estimate of drug-likeness (QED) is 0.641. The summed E-state index contributed by atoms with van der Waals surface area (Å²) < 4.78 is 34.3. The van der Waals surface area contributed by atoms with Gasteiger partial charge in [-0.15, -0.1) is 0 Å². The largest absolute Gasteiger partial charge is 0.379 e. The number of hydrogen-bond donors (Lipinski definition) is 0. The molecule has 1 saturated heterocycles. The molecule has 0 aromatic carbocycles. The van der Waals surface area contributed by atoms with Crippen LogP contribution in [0.1, 0.15) is 6.42 Å². The van der Waals surface area contributed by atoms with Crippen LogP contribution in [0.15, 0.2) is 0 Å². The van der Waals surface area contributed by atoms with E-state index in [-0.39, 0.29) is 18.5 Å². The summed E-state index contributed by atoms with van der Waals surface area (Å²) in [6, 6.07) is 0. The van der Waals surface area contributed by atoms with Gasteiger partial charge in [0, 0.05) is 20.7 Å². The van der Waals surface area contributed by atoms with Gasteiger partial charge in [-0.05, 0) is 6.42 Å². The molecular formula is C8H17NO4S. The first kappa shape index (κ1) is 11.9. The van der Waals surface area contributed by atoms with Crippen molar-refractivity contribution in [1.82, 2.24) is 4.31 Å². The van der Waals surface area contributed by atoms with Crippen molar-refractivity contribution in [3.63, 3.8) is 0 Å². The third-order valence-corrected chi connectivity index (χ3v) is 3.93. The van der Waals surface area contributed by atoms with Crippen molar-refractivity contribution in [2.75, 3.05) is 39.7 Å². The molecule has 0 aromatic rings. The average molecular weight is 223 g/mol. The van der Waals surface area contributed by atoms with E-state index in [4.69, 9.17) is 9.47 Å². The van der Waals surface area contributed by atoms with Crippen LogP contribution in [0.4, 0.5) is 0 Å². The zero-order valence-electron chi connectivity index (χ0n) is 8.60. The van der Waals surface area contributed by atoms with E-state index in [1.54, 1.807) is 0 Å². The minimum atomic E-state index is -3.12. The molecule has 0 saturated carbocycles. The molecule has 0 spiro atoms. The number of hydrogen-bond acceptors (Lipinski definition) is 4. The van der Waals surface area contributed by atoms with Gasteiger partial charge in [0.1, 0.15) is 0 Å². The van der Waals surface area contributed by atoms with Gasteiger partial charge < -0.3 is 9.47 Å². The van der Waals surface area contributed by atoms with Crippen LogP contribution >= 0.6 is 0 Å². The van der Waals surface area contributed by atoms with E-state index >= 15 is 0 Å². The van der Waals surface area contributed by atoms with Crippen LogP contribution in [-0.4, -0.2) is 58.5 Å². The molecule has 0 N–H and O–H groups in total. The monoisotopic (exact) mass is 223 g/mol. The van der Waals surface area contributed by atoms with Gasteiger partial charge in [0.25, 0.3) is 0 Å². The lowest BCUT2D eigenvalue weighted by Crippen LogP contribution is -2.28. The normalized spacial score (nSPS) is 23.2. The average Bonchev–Trinajstić information content (AvgIpc) is 2.56. The third-order valence-electron chi connectivity index (χ3n) is 2.14. The standard InChI is InChI=1S/C8H17NO4S/c1-9(2)14(10,11)6-5-13-8-3-4-12-7-8/h8H,3-7H2,1-2H3. The molecule has 5 nitrogen and oxygen atoms in total. The lowest BCUT2D eigenvalue weighted by Gasteiger charge is -2.13. The second-order valence-corrected chi connectivity index (χ2v) is 5.76. The summed E-state index contributed by atoms with van der Waals surface area (Å²) in [7, 11) is -0.0787. The maximum absolute atomic E-state index is 11.3. The van der Waals surface area contributed by atoms with E-state index in [1.165, 1.54) is 18.4 Å². The van der Waals surface area contributed by atoms with Gasteiger partial charge >= 0.3 is 0 Å². The maximum Gasteiger partial charge on any atom is 0.215 e. The van der Waals surface area contributed by atoms with Crippen molar-refractivity contribution < 1.29 is 17.9 Å². The van der Waals surface area contributed by atoms with Gasteiger partial charge in [-0.25, -0.2) is 12.7 Å². The van der Waals surface area contributed by atoms with E-state index in [2.05, 4.69) is 0 Å². The molecular weight excluding hydrogens is 206 g/mol. The fraction of sp³-hybridized carbons (Fsp3) is 1.00. The lowest BCUT2D eigenvalue weighted by molar-refractivity contribution is 0.0517. The first-order valence-corrected chi connectivity index (χ1v) is 6.23. The van der Waals surface area contributed by atoms with Crippen LogP contribution < -0.4 is 0 Å². The molecule has 6 heteroatoms. The molecule has 0 aromatic heterocycles. The molecule has 1 heterocycles. The minimum absolute atomic E-state index is 0.0382. The van der Waals surface area contributed by atoms with Crippen molar-refractivity contribution in [3.8, 4) is 0 Å². The van der Waals surface area contributed by atoms with Crippen molar-refractivity contribution in [2.45, 2.75) is 12.5 Å². The Bertz CT molecular complexity index is 257.